The van der Waals surface area contributed by atoms with Crippen molar-refractivity contribution in [3.63, 3.8) is 0 Å². The molecule has 0 aliphatic carbocycles. The summed E-state index contributed by atoms with van der Waals surface area (Å²) < 4.78 is 0. The van der Waals surface area contributed by atoms with Crippen molar-refractivity contribution in [3.8, 4) is 0 Å². The first kappa shape index (κ1) is 14.7. The number of nitrogens with two attached hydrogens (primary N) is 1. The quantitative estimate of drug-likeness (QED) is 0.792. The molecule has 2 rings (SSSR count). The maximum atomic E-state index is 12.6. The average molecular weight is 283 g/mol. The molecule has 0 aromatic rings. The zero-order chi connectivity index (χ0) is 13.8. The van der Waals surface area contributed by atoms with Crippen molar-refractivity contribution >= 4 is 23.1 Å². The molecule has 0 aromatic carbocycles. The van der Waals surface area contributed by atoms with Gasteiger partial charge in [0, 0.05) is 25.7 Å². The Bertz CT molecular complexity index is 348. The first-order valence-electron chi connectivity index (χ1n) is 7.45. The van der Waals surface area contributed by atoms with Gasteiger partial charge in [-0.15, -0.1) is 0 Å². The van der Waals surface area contributed by atoms with Crippen molar-refractivity contribution < 1.29 is 4.79 Å². The molecule has 2 unspecified atom stereocenters. The van der Waals surface area contributed by atoms with Gasteiger partial charge in [0.25, 0.3) is 0 Å². The second kappa shape index (κ2) is 6.66. The molecule has 108 valence electrons. The smallest absolute Gasteiger partial charge is 0.232 e. The number of amides is 1. The Morgan fingerprint density at radius 2 is 2.11 bits per heavy atom. The third-order valence-electron chi connectivity index (χ3n) is 4.33. The molecule has 2 aliphatic rings. The molecule has 2 saturated heterocycles. The fraction of sp³-hybridized carbons (Fsp3) is 0.857. The predicted octanol–water partition coefficient (Wildman–Crippen LogP) is 1.39. The van der Waals surface area contributed by atoms with Gasteiger partial charge in [0.1, 0.15) is 0 Å². The van der Waals surface area contributed by atoms with Crippen LogP contribution in [0.5, 0.6) is 0 Å². The van der Waals surface area contributed by atoms with Crippen molar-refractivity contribution in [3.05, 3.63) is 0 Å². The standard InChI is InChI=1S/C14H25N3OS/c1-2-5-12(13(15)19)14(18)17-9-4-8-16-7-3-6-11(16)10-17/h11-12H,2-10H2,1H3,(H2,15,19). The van der Waals surface area contributed by atoms with Crippen LogP contribution in [0.1, 0.15) is 39.0 Å². The van der Waals surface area contributed by atoms with Crippen molar-refractivity contribution in [2.75, 3.05) is 26.2 Å². The molecule has 2 N–H and O–H groups in total. The van der Waals surface area contributed by atoms with Gasteiger partial charge in [-0.1, -0.05) is 25.6 Å². The highest BCUT2D eigenvalue weighted by molar-refractivity contribution is 7.80. The van der Waals surface area contributed by atoms with Gasteiger partial charge in [-0.25, -0.2) is 0 Å². The molecule has 19 heavy (non-hydrogen) atoms. The molecule has 2 atom stereocenters. The summed E-state index contributed by atoms with van der Waals surface area (Å²) in [6.07, 6.45) is 5.27. The lowest BCUT2D eigenvalue weighted by molar-refractivity contribution is -0.133. The van der Waals surface area contributed by atoms with E-state index in [-0.39, 0.29) is 11.8 Å². The summed E-state index contributed by atoms with van der Waals surface area (Å²) in [5, 5.41) is 0. The first-order chi connectivity index (χ1) is 9.13. The Morgan fingerprint density at radius 3 is 2.79 bits per heavy atom. The van der Waals surface area contributed by atoms with Crippen LogP contribution in [0.25, 0.3) is 0 Å². The van der Waals surface area contributed by atoms with Gasteiger partial charge in [-0.05, 0) is 32.2 Å². The largest absolute Gasteiger partial charge is 0.393 e. The number of fused-ring (bicyclic) bond motifs is 1. The molecule has 5 heteroatoms. The number of carbonyl (C=O) groups is 1. The maximum absolute atomic E-state index is 12.6. The molecular weight excluding hydrogens is 258 g/mol. The molecule has 2 fully saturated rings. The van der Waals surface area contributed by atoms with Crippen LogP contribution in [0.4, 0.5) is 0 Å². The number of thiocarbonyl (C=S) groups is 1. The Morgan fingerprint density at radius 1 is 1.37 bits per heavy atom. The summed E-state index contributed by atoms with van der Waals surface area (Å²) in [7, 11) is 0. The van der Waals surface area contributed by atoms with Crippen LogP contribution in [-0.4, -0.2) is 52.9 Å². The van der Waals surface area contributed by atoms with Gasteiger partial charge >= 0.3 is 0 Å². The molecule has 4 nitrogen and oxygen atoms in total. The van der Waals surface area contributed by atoms with Crippen molar-refractivity contribution in [2.24, 2.45) is 11.7 Å². The van der Waals surface area contributed by atoms with Gasteiger partial charge in [0.05, 0.1) is 10.9 Å². The minimum atomic E-state index is -0.257. The van der Waals surface area contributed by atoms with Crippen LogP contribution in [0, 0.1) is 5.92 Å². The number of carbonyl (C=O) groups excluding carboxylic acids is 1. The molecule has 0 saturated carbocycles. The summed E-state index contributed by atoms with van der Waals surface area (Å²) >= 11 is 5.08. The third kappa shape index (κ3) is 3.45. The van der Waals surface area contributed by atoms with E-state index in [1.807, 2.05) is 4.90 Å². The fourth-order valence-corrected chi connectivity index (χ4v) is 3.52. The van der Waals surface area contributed by atoms with Gasteiger partial charge < -0.3 is 10.6 Å². The number of rotatable bonds is 4. The fourth-order valence-electron chi connectivity index (χ4n) is 3.30. The number of hydrogen-bond donors (Lipinski definition) is 1. The van der Waals surface area contributed by atoms with Crippen molar-refractivity contribution in [1.82, 2.24) is 9.80 Å². The van der Waals surface area contributed by atoms with Crippen molar-refractivity contribution in [1.29, 1.82) is 0 Å². The Kier molecular flexibility index (Phi) is 5.16. The lowest BCUT2D eigenvalue weighted by Crippen LogP contribution is -2.45. The normalized spacial score (nSPS) is 25.7. The van der Waals surface area contributed by atoms with Gasteiger partial charge in [-0.2, -0.15) is 0 Å². The zero-order valence-corrected chi connectivity index (χ0v) is 12.6. The number of nitrogens with zero attached hydrogens (tertiary/aromatic N) is 2. The van der Waals surface area contributed by atoms with E-state index >= 15 is 0 Å². The van der Waals surface area contributed by atoms with E-state index < -0.39 is 0 Å². The highest BCUT2D eigenvalue weighted by atomic mass is 32.1. The predicted molar refractivity (Wildman–Crippen MR) is 81.0 cm³/mol. The lowest BCUT2D eigenvalue weighted by atomic mass is 10.0. The van der Waals surface area contributed by atoms with E-state index in [1.54, 1.807) is 0 Å². The van der Waals surface area contributed by atoms with Crippen LogP contribution >= 0.6 is 12.2 Å². The highest BCUT2D eigenvalue weighted by Gasteiger charge is 2.33. The summed E-state index contributed by atoms with van der Waals surface area (Å²) in [5.74, 6) is -0.101. The Balaban J connectivity index is 2.02. The summed E-state index contributed by atoms with van der Waals surface area (Å²) in [4.78, 5) is 17.5. The Hall–Kier alpha value is -0.680. The van der Waals surface area contributed by atoms with Gasteiger partial charge in [0.2, 0.25) is 5.91 Å². The summed E-state index contributed by atoms with van der Waals surface area (Å²) in [6, 6.07) is 0.556. The van der Waals surface area contributed by atoms with Crippen LogP contribution < -0.4 is 5.73 Å². The molecule has 0 aromatic heterocycles. The van der Waals surface area contributed by atoms with Crippen LogP contribution in [-0.2, 0) is 4.79 Å². The molecule has 2 aliphatic heterocycles. The van der Waals surface area contributed by atoms with E-state index in [9.17, 15) is 4.79 Å². The van der Waals surface area contributed by atoms with Crippen molar-refractivity contribution in [2.45, 2.75) is 45.1 Å². The topological polar surface area (TPSA) is 49.6 Å². The Labute approximate surface area is 121 Å². The van der Waals surface area contributed by atoms with E-state index in [1.165, 1.54) is 19.4 Å². The molecule has 0 radical (unpaired) electrons. The second-order valence-electron chi connectivity index (χ2n) is 5.71. The van der Waals surface area contributed by atoms with E-state index in [2.05, 4.69) is 11.8 Å². The summed E-state index contributed by atoms with van der Waals surface area (Å²) in [5.41, 5.74) is 5.75. The minimum Gasteiger partial charge on any atom is -0.393 e. The third-order valence-corrected chi connectivity index (χ3v) is 4.62. The SMILES string of the molecule is CCCC(C(=O)N1CCCN2CCCC2C1)C(N)=S. The van der Waals surface area contributed by atoms with E-state index in [0.29, 0.717) is 11.0 Å². The first-order valence-corrected chi connectivity index (χ1v) is 7.86. The molecular formula is C14H25N3OS. The summed E-state index contributed by atoms with van der Waals surface area (Å²) in [6.45, 7) is 6.11. The monoisotopic (exact) mass is 283 g/mol. The molecule has 0 spiro atoms. The van der Waals surface area contributed by atoms with Crippen LogP contribution in [0.15, 0.2) is 0 Å². The minimum absolute atomic E-state index is 0.156. The van der Waals surface area contributed by atoms with Gasteiger partial charge in [0.15, 0.2) is 0 Å². The molecule has 2 heterocycles. The molecule has 0 bridgehead atoms. The lowest BCUT2D eigenvalue weighted by Gasteiger charge is -2.28. The second-order valence-corrected chi connectivity index (χ2v) is 6.18. The zero-order valence-electron chi connectivity index (χ0n) is 11.8. The van der Waals surface area contributed by atoms with Gasteiger partial charge in [-0.3, -0.25) is 9.69 Å². The van der Waals surface area contributed by atoms with E-state index in [4.69, 9.17) is 18.0 Å². The highest BCUT2D eigenvalue weighted by Crippen LogP contribution is 2.23. The molecule has 1 amide bonds. The van der Waals surface area contributed by atoms with Crippen LogP contribution in [0.2, 0.25) is 0 Å². The van der Waals surface area contributed by atoms with Crippen LogP contribution in [0.3, 0.4) is 0 Å². The number of hydrogen-bond acceptors (Lipinski definition) is 3. The van der Waals surface area contributed by atoms with E-state index in [0.717, 1.165) is 38.9 Å². The average Bonchev–Trinajstić information content (AvgIpc) is 2.72. The maximum Gasteiger partial charge on any atom is 0.232 e.